The van der Waals surface area contributed by atoms with Crippen LogP contribution in [0.15, 0.2) is 42.6 Å². The minimum absolute atomic E-state index is 0.0402. The van der Waals surface area contributed by atoms with E-state index in [9.17, 15) is 9.59 Å². The van der Waals surface area contributed by atoms with Crippen molar-refractivity contribution in [3.63, 3.8) is 0 Å². The van der Waals surface area contributed by atoms with Gasteiger partial charge >= 0.3 is 0 Å². The topological polar surface area (TPSA) is 93.2 Å². The second kappa shape index (κ2) is 8.40. The molecule has 2 aromatic heterocycles. The number of pyridine rings is 1. The molecule has 0 saturated carbocycles. The Balaban J connectivity index is 1.31. The van der Waals surface area contributed by atoms with Crippen molar-refractivity contribution in [1.82, 2.24) is 15.3 Å². The molecule has 0 radical (unpaired) electrons. The van der Waals surface area contributed by atoms with Gasteiger partial charge in [0.1, 0.15) is 22.2 Å². The van der Waals surface area contributed by atoms with Crippen molar-refractivity contribution in [2.75, 3.05) is 18.5 Å². The quantitative estimate of drug-likeness (QED) is 0.611. The van der Waals surface area contributed by atoms with Gasteiger partial charge in [0.15, 0.2) is 0 Å². The van der Waals surface area contributed by atoms with E-state index in [-0.39, 0.29) is 11.8 Å². The van der Waals surface area contributed by atoms with Crippen LogP contribution < -0.4 is 15.4 Å². The fraction of sp³-hybridized carbons (Fsp3) is 0.238. The number of hydrogen-bond acceptors (Lipinski definition) is 6. The third-order valence-electron chi connectivity index (χ3n) is 4.52. The van der Waals surface area contributed by atoms with Crippen LogP contribution in [0.25, 0.3) is 10.7 Å². The summed E-state index contributed by atoms with van der Waals surface area (Å²) in [7, 11) is 0. The van der Waals surface area contributed by atoms with Crippen molar-refractivity contribution in [2.24, 2.45) is 0 Å². The summed E-state index contributed by atoms with van der Waals surface area (Å²) in [6.45, 7) is 2.55. The molecule has 2 amide bonds. The van der Waals surface area contributed by atoms with Gasteiger partial charge in [-0.15, -0.1) is 11.3 Å². The number of nitrogens with one attached hydrogen (secondary N) is 2. The van der Waals surface area contributed by atoms with Crippen molar-refractivity contribution < 1.29 is 14.3 Å². The molecule has 0 atom stereocenters. The van der Waals surface area contributed by atoms with Crippen molar-refractivity contribution in [1.29, 1.82) is 0 Å². The third kappa shape index (κ3) is 4.43. The van der Waals surface area contributed by atoms with Crippen molar-refractivity contribution in [3.8, 4) is 16.5 Å². The molecule has 4 rings (SSSR count). The number of ether oxygens (including phenoxy) is 1. The lowest BCUT2D eigenvalue weighted by Crippen LogP contribution is -2.28. The molecule has 2 N–H and O–H groups in total. The summed E-state index contributed by atoms with van der Waals surface area (Å²) in [5.74, 6) is 0.595. The van der Waals surface area contributed by atoms with Gasteiger partial charge in [-0.25, -0.2) is 4.98 Å². The fourth-order valence-electron chi connectivity index (χ4n) is 3.07. The fourth-order valence-corrected chi connectivity index (χ4v) is 4.03. The zero-order valence-electron chi connectivity index (χ0n) is 15.9. The number of carbonyl (C=O) groups is 2. The standard InChI is InChI=1S/C21H20N4O3S/c1-13-19(29-21(24-13)17-4-2-3-9-22-17)20(27)23-10-11-28-15-6-7-16-14(12-15)5-8-18(26)25-16/h2-4,6-7,9,12H,5,8,10-11H2,1H3,(H,23,27)(H,25,26). The van der Waals surface area contributed by atoms with Crippen LogP contribution >= 0.6 is 11.3 Å². The molecule has 3 aromatic rings. The number of nitrogens with zero attached hydrogens (tertiary/aromatic N) is 2. The first-order chi connectivity index (χ1) is 14.1. The molecule has 0 aliphatic carbocycles. The van der Waals surface area contributed by atoms with E-state index in [1.54, 1.807) is 6.20 Å². The molecule has 29 heavy (non-hydrogen) atoms. The van der Waals surface area contributed by atoms with Crippen molar-refractivity contribution in [2.45, 2.75) is 19.8 Å². The Morgan fingerprint density at radius 3 is 3.00 bits per heavy atom. The van der Waals surface area contributed by atoms with Gasteiger partial charge in [-0.05, 0) is 49.2 Å². The molecule has 7 nitrogen and oxygen atoms in total. The number of carbonyl (C=O) groups excluding carboxylic acids is 2. The molecule has 0 saturated heterocycles. The van der Waals surface area contributed by atoms with Gasteiger partial charge < -0.3 is 15.4 Å². The van der Waals surface area contributed by atoms with Crippen LogP contribution in [-0.2, 0) is 11.2 Å². The summed E-state index contributed by atoms with van der Waals surface area (Å²) >= 11 is 1.33. The first-order valence-corrected chi connectivity index (χ1v) is 10.1. The monoisotopic (exact) mass is 408 g/mol. The van der Waals surface area contributed by atoms with E-state index < -0.39 is 0 Å². The number of aromatic nitrogens is 2. The summed E-state index contributed by atoms with van der Waals surface area (Å²) < 4.78 is 5.74. The largest absolute Gasteiger partial charge is 0.492 e. The third-order valence-corrected chi connectivity index (χ3v) is 5.69. The SMILES string of the molecule is Cc1nc(-c2ccccn2)sc1C(=O)NCCOc1ccc2c(c1)CCC(=O)N2. The molecule has 3 heterocycles. The predicted octanol–water partition coefficient (Wildman–Crippen LogP) is 3.21. The molecule has 8 heteroatoms. The van der Waals surface area contributed by atoms with E-state index in [4.69, 9.17) is 4.74 Å². The van der Waals surface area contributed by atoms with E-state index in [0.717, 1.165) is 27.7 Å². The van der Waals surface area contributed by atoms with Gasteiger partial charge in [-0.3, -0.25) is 14.6 Å². The molecule has 0 bridgehead atoms. The number of amides is 2. The summed E-state index contributed by atoms with van der Waals surface area (Å²) in [5.41, 5.74) is 3.34. The lowest BCUT2D eigenvalue weighted by molar-refractivity contribution is -0.116. The summed E-state index contributed by atoms with van der Waals surface area (Å²) in [4.78, 5) is 33.2. The second-order valence-corrected chi connectivity index (χ2v) is 7.62. The van der Waals surface area contributed by atoms with Crippen LogP contribution in [0.2, 0.25) is 0 Å². The predicted molar refractivity (Wildman–Crippen MR) is 111 cm³/mol. The second-order valence-electron chi connectivity index (χ2n) is 6.62. The number of benzene rings is 1. The highest BCUT2D eigenvalue weighted by molar-refractivity contribution is 7.17. The molecule has 148 valence electrons. The number of hydrogen-bond donors (Lipinski definition) is 2. The summed E-state index contributed by atoms with van der Waals surface area (Å²) in [5, 5.41) is 6.45. The van der Waals surface area contributed by atoms with E-state index in [1.807, 2.05) is 43.3 Å². The maximum Gasteiger partial charge on any atom is 0.263 e. The van der Waals surface area contributed by atoms with Crippen molar-refractivity contribution in [3.05, 3.63) is 58.7 Å². The number of thiazole rings is 1. The van der Waals surface area contributed by atoms with E-state index >= 15 is 0 Å². The molecule has 1 aliphatic rings. The highest BCUT2D eigenvalue weighted by atomic mass is 32.1. The minimum Gasteiger partial charge on any atom is -0.492 e. The van der Waals surface area contributed by atoms with Gasteiger partial charge in [-0.2, -0.15) is 0 Å². The number of aryl methyl sites for hydroxylation is 2. The Bertz CT molecular complexity index is 1050. The Hall–Kier alpha value is -3.26. The smallest absolute Gasteiger partial charge is 0.263 e. The van der Waals surface area contributed by atoms with Gasteiger partial charge in [0.2, 0.25) is 5.91 Å². The molecule has 0 spiro atoms. The first-order valence-electron chi connectivity index (χ1n) is 9.33. The maximum absolute atomic E-state index is 12.5. The van der Waals surface area contributed by atoms with Gasteiger partial charge in [-0.1, -0.05) is 6.07 Å². The van der Waals surface area contributed by atoms with E-state index in [0.29, 0.717) is 36.6 Å². The maximum atomic E-state index is 12.5. The molecule has 0 unspecified atom stereocenters. The van der Waals surface area contributed by atoms with Crippen LogP contribution in [0.3, 0.4) is 0 Å². The molecule has 0 fully saturated rings. The first kappa shape index (κ1) is 19.1. The van der Waals surface area contributed by atoms with Crippen LogP contribution in [-0.4, -0.2) is 34.9 Å². The number of anilines is 1. The van der Waals surface area contributed by atoms with Gasteiger partial charge in [0, 0.05) is 18.3 Å². The molecular weight excluding hydrogens is 388 g/mol. The van der Waals surface area contributed by atoms with Gasteiger partial charge in [0.05, 0.1) is 17.9 Å². The lowest BCUT2D eigenvalue weighted by atomic mass is 10.0. The minimum atomic E-state index is -0.168. The normalized spacial score (nSPS) is 12.8. The van der Waals surface area contributed by atoms with E-state index in [1.165, 1.54) is 11.3 Å². The molecule has 1 aliphatic heterocycles. The highest BCUT2D eigenvalue weighted by Gasteiger charge is 2.17. The average Bonchev–Trinajstić information content (AvgIpc) is 3.13. The molecule has 1 aromatic carbocycles. The Kier molecular flexibility index (Phi) is 5.53. The van der Waals surface area contributed by atoms with Crippen LogP contribution in [0, 0.1) is 6.92 Å². The average molecular weight is 408 g/mol. The van der Waals surface area contributed by atoms with Crippen LogP contribution in [0.5, 0.6) is 5.75 Å². The number of fused-ring (bicyclic) bond motifs is 1. The Morgan fingerprint density at radius 1 is 1.28 bits per heavy atom. The Morgan fingerprint density at radius 2 is 2.17 bits per heavy atom. The van der Waals surface area contributed by atoms with Crippen LogP contribution in [0.1, 0.15) is 27.3 Å². The van der Waals surface area contributed by atoms with Crippen molar-refractivity contribution >= 4 is 28.8 Å². The highest BCUT2D eigenvalue weighted by Crippen LogP contribution is 2.27. The lowest BCUT2D eigenvalue weighted by Gasteiger charge is -2.17. The number of rotatable bonds is 6. The summed E-state index contributed by atoms with van der Waals surface area (Å²) in [6, 6.07) is 11.2. The zero-order valence-corrected chi connectivity index (χ0v) is 16.7. The summed E-state index contributed by atoms with van der Waals surface area (Å²) in [6.07, 6.45) is 2.90. The molecular formula is C21H20N4O3S. The van der Waals surface area contributed by atoms with Gasteiger partial charge in [0.25, 0.3) is 5.91 Å². The van der Waals surface area contributed by atoms with Crippen LogP contribution in [0.4, 0.5) is 5.69 Å². The van der Waals surface area contributed by atoms with E-state index in [2.05, 4.69) is 20.6 Å². The zero-order chi connectivity index (χ0) is 20.2. The Labute approximate surface area is 172 Å².